The van der Waals surface area contributed by atoms with E-state index in [1.165, 1.54) is 92.6 Å². The smallest absolute Gasteiger partial charge is 0.336 e. The number of methoxy groups -OCH3 is 4. The number of Topliss-reactive ketones (excluding diaryl/α,β-unsaturated/α-hetero) is 4. The van der Waals surface area contributed by atoms with E-state index >= 15 is 0 Å². The molecule has 0 aromatic rings. The summed E-state index contributed by atoms with van der Waals surface area (Å²) >= 11 is 0. The van der Waals surface area contributed by atoms with Gasteiger partial charge in [0.2, 0.25) is 0 Å². The highest BCUT2D eigenvalue weighted by Crippen LogP contribution is 1.93. The highest BCUT2D eigenvalue weighted by Gasteiger charge is 2.05. The second-order valence-corrected chi connectivity index (χ2v) is 12.0. The molecule has 0 bridgehead atoms. The number of carbonyl (C=O) groups excluding carboxylic acids is 12. The Labute approximate surface area is 381 Å². The normalized spacial score (nSPS) is 10.2. The number of hydrogen-bond acceptors (Lipinski definition) is 24. The maximum Gasteiger partial charge on any atom is 0.336 e. The molecule has 0 aromatic heterocycles. The summed E-state index contributed by atoms with van der Waals surface area (Å²) in [7, 11) is 5.52. The van der Waals surface area contributed by atoms with Crippen LogP contribution in [0.1, 0.15) is 47.0 Å². The number of rotatable bonds is 30. The lowest BCUT2D eigenvalue weighted by Gasteiger charge is -2.00. The summed E-state index contributed by atoms with van der Waals surface area (Å²) in [6.07, 6.45) is 10.8. The predicted octanol–water partition coefficient (Wildman–Crippen LogP) is 0.585. The molecule has 0 amide bonds. The van der Waals surface area contributed by atoms with Crippen LogP contribution in [0.25, 0.3) is 0 Å². The van der Waals surface area contributed by atoms with Crippen molar-refractivity contribution in [2.75, 3.05) is 101 Å². The van der Waals surface area contributed by atoms with Gasteiger partial charge in [0.15, 0.2) is 23.1 Å². The standard InChI is InChI=1S/2C11H16O6.2C10H14O6/c2*1-9(12)7-17-10(13)5-3-4-6-16-11(14)8-15-2;2*1-8(11)6-16-9(12)4-3-5-15-10(13)7-14-2/h2*3-4H,5-8H2,1-2H3;3,5H,4,6-7H2,1-2H3;3-4H,5-7H2,1-2H3. The van der Waals surface area contributed by atoms with Gasteiger partial charge < -0.3 is 56.8 Å². The summed E-state index contributed by atoms with van der Waals surface area (Å²) in [6.45, 7) is 3.97. The van der Waals surface area contributed by atoms with Crippen LogP contribution in [0.2, 0.25) is 0 Å². The molecule has 0 unspecified atom stereocenters. The molecule has 0 aliphatic carbocycles. The van der Waals surface area contributed by atoms with Crippen LogP contribution in [0.3, 0.4) is 0 Å². The molecule has 0 heterocycles. The zero-order chi connectivity index (χ0) is 51.0. The Morgan fingerprint density at radius 2 is 0.621 bits per heavy atom. The lowest BCUT2D eigenvalue weighted by atomic mass is 10.4. The zero-order valence-electron chi connectivity index (χ0n) is 38.3. The van der Waals surface area contributed by atoms with Gasteiger partial charge in [0.25, 0.3) is 0 Å². The summed E-state index contributed by atoms with van der Waals surface area (Å²) < 4.78 is 55.0. The number of ketones is 4. The molecule has 0 saturated carbocycles. The Morgan fingerprint density at radius 3 is 0.955 bits per heavy atom. The van der Waals surface area contributed by atoms with Gasteiger partial charge in [-0.2, -0.15) is 0 Å². The molecule has 0 aliphatic heterocycles. The van der Waals surface area contributed by atoms with E-state index in [2.05, 4.69) is 47.4 Å². The number of carbonyl (C=O) groups is 12. The van der Waals surface area contributed by atoms with Gasteiger partial charge in [-0.1, -0.05) is 24.3 Å². The molecule has 0 saturated heterocycles. The van der Waals surface area contributed by atoms with Crippen molar-refractivity contribution in [3.63, 3.8) is 0 Å². The van der Waals surface area contributed by atoms with Gasteiger partial charge in [0, 0.05) is 34.5 Å². The molecule has 0 aliphatic rings. The van der Waals surface area contributed by atoms with Crippen molar-refractivity contribution in [3.05, 3.63) is 48.8 Å². The highest BCUT2D eigenvalue weighted by atomic mass is 16.6. The SMILES string of the molecule is COCC(=O)OC=CCC(=O)OCC(C)=O.COCC(=O)OCC=CC(=O)OCC(C)=O.COCC(=O)OCC=CCC(=O)OCC(C)=O.COCC(=O)OCC=CCC(=O)OCC(C)=O. The van der Waals surface area contributed by atoms with Crippen LogP contribution in [-0.4, -0.2) is 172 Å². The van der Waals surface area contributed by atoms with E-state index in [1.54, 1.807) is 0 Å². The number of esters is 8. The van der Waals surface area contributed by atoms with Crippen LogP contribution in [0.15, 0.2) is 48.8 Å². The summed E-state index contributed by atoms with van der Waals surface area (Å²) in [4.78, 5) is 129. The van der Waals surface area contributed by atoms with Gasteiger partial charge in [-0.25, -0.2) is 24.0 Å². The Kier molecular flexibility index (Phi) is 47.6. The van der Waals surface area contributed by atoms with Crippen molar-refractivity contribution in [3.8, 4) is 0 Å². The molecule has 66 heavy (non-hydrogen) atoms. The van der Waals surface area contributed by atoms with E-state index in [4.69, 9.17) is 9.47 Å². The fraction of sp³-hybridized carbons (Fsp3) is 0.524. The van der Waals surface area contributed by atoms with Crippen LogP contribution >= 0.6 is 0 Å². The molecule has 0 N–H and O–H groups in total. The van der Waals surface area contributed by atoms with Crippen LogP contribution in [0, 0.1) is 0 Å². The van der Waals surface area contributed by atoms with E-state index in [-0.39, 0.29) is 115 Å². The van der Waals surface area contributed by atoms with Gasteiger partial charge in [0.05, 0.1) is 25.5 Å². The van der Waals surface area contributed by atoms with E-state index in [9.17, 15) is 57.5 Å². The second-order valence-electron chi connectivity index (χ2n) is 12.0. The van der Waals surface area contributed by atoms with Crippen LogP contribution in [0.4, 0.5) is 0 Å². The molecule has 0 aromatic carbocycles. The molecule has 372 valence electrons. The lowest BCUT2D eigenvalue weighted by Crippen LogP contribution is -2.11. The van der Waals surface area contributed by atoms with Crippen molar-refractivity contribution < 1.29 is 114 Å². The van der Waals surface area contributed by atoms with Crippen LogP contribution < -0.4 is 0 Å². The minimum atomic E-state index is -0.655. The Balaban J connectivity index is -0.000000388. The van der Waals surface area contributed by atoms with Gasteiger partial charge in [-0.3, -0.25) is 33.6 Å². The Hall–Kier alpha value is -6.76. The average molecular weight is 949 g/mol. The number of ether oxygens (including phenoxy) is 12. The van der Waals surface area contributed by atoms with Crippen molar-refractivity contribution in [1.82, 2.24) is 0 Å². The van der Waals surface area contributed by atoms with Gasteiger partial charge in [-0.15, -0.1) is 0 Å². The summed E-state index contributed by atoms with van der Waals surface area (Å²) in [5, 5.41) is 0. The number of hydrogen-bond donors (Lipinski definition) is 0. The summed E-state index contributed by atoms with van der Waals surface area (Å²) in [6, 6.07) is 0. The fourth-order valence-corrected chi connectivity index (χ4v) is 2.91. The van der Waals surface area contributed by atoms with Gasteiger partial charge in [0.1, 0.15) is 72.7 Å². The van der Waals surface area contributed by atoms with E-state index in [0.717, 1.165) is 12.3 Å². The predicted molar refractivity (Wildman–Crippen MR) is 223 cm³/mol. The molecular weight excluding hydrogens is 888 g/mol. The first kappa shape index (κ1) is 65.8. The lowest BCUT2D eigenvalue weighted by molar-refractivity contribution is -0.147. The monoisotopic (exact) mass is 948 g/mol. The van der Waals surface area contributed by atoms with E-state index in [1.807, 2.05) is 0 Å². The first-order chi connectivity index (χ1) is 31.2. The Morgan fingerprint density at radius 1 is 0.318 bits per heavy atom. The van der Waals surface area contributed by atoms with Gasteiger partial charge >= 0.3 is 47.8 Å². The van der Waals surface area contributed by atoms with Crippen LogP contribution in [-0.2, 0) is 114 Å². The first-order valence-electron chi connectivity index (χ1n) is 19.1. The largest absolute Gasteiger partial charge is 0.460 e. The topological polar surface area (TPSA) is 316 Å². The third-order valence-electron chi connectivity index (χ3n) is 5.53. The van der Waals surface area contributed by atoms with Crippen molar-refractivity contribution in [2.24, 2.45) is 0 Å². The quantitative estimate of drug-likeness (QED) is 0.0313. The third-order valence-corrected chi connectivity index (χ3v) is 5.53. The summed E-state index contributed by atoms with van der Waals surface area (Å²) in [5.41, 5.74) is 0. The average Bonchev–Trinajstić information content (AvgIpc) is 3.24. The molecular formula is C42H60O24. The minimum absolute atomic E-state index is 0.0368. The molecule has 0 fully saturated rings. The molecule has 24 nitrogen and oxygen atoms in total. The molecule has 0 spiro atoms. The van der Waals surface area contributed by atoms with Crippen molar-refractivity contribution in [2.45, 2.75) is 47.0 Å². The van der Waals surface area contributed by atoms with Crippen molar-refractivity contribution >= 4 is 70.9 Å². The first-order valence-corrected chi connectivity index (χ1v) is 19.1. The third kappa shape index (κ3) is 59.3. The fourth-order valence-electron chi connectivity index (χ4n) is 2.91. The van der Waals surface area contributed by atoms with E-state index in [0.29, 0.717) is 0 Å². The van der Waals surface area contributed by atoms with E-state index < -0.39 is 47.8 Å². The minimum Gasteiger partial charge on any atom is -0.460 e. The molecule has 0 radical (unpaired) electrons. The highest BCUT2D eigenvalue weighted by molar-refractivity contribution is 5.86. The zero-order valence-corrected chi connectivity index (χ0v) is 38.3. The molecule has 0 atom stereocenters. The molecule has 24 heteroatoms. The summed E-state index contributed by atoms with van der Waals surface area (Å²) in [5.74, 6) is -5.15. The maximum atomic E-state index is 11.0. The van der Waals surface area contributed by atoms with Crippen molar-refractivity contribution in [1.29, 1.82) is 0 Å². The Bertz CT molecular complexity index is 1560. The maximum absolute atomic E-state index is 11.0. The second kappa shape index (κ2) is 47.7. The van der Waals surface area contributed by atoms with Gasteiger partial charge in [-0.05, 0) is 39.8 Å². The molecule has 0 rings (SSSR count). The van der Waals surface area contributed by atoms with Crippen LogP contribution in [0.5, 0.6) is 0 Å².